The number of ether oxygens (including phenoxy) is 12. The molecule has 1 saturated heterocycles. The first-order valence-electron chi connectivity index (χ1n) is 29.9. The Hall–Kier alpha value is -4.14. The van der Waals surface area contributed by atoms with Crippen molar-refractivity contribution in [3.05, 3.63) is 43.9 Å². The highest BCUT2D eigenvalue weighted by atomic mass is 32.2. The Kier molecular flexibility index (Phi) is 29.2. The number of fused-ring (bicyclic) bond motifs is 6. The quantitative estimate of drug-likeness (QED) is 0.0302. The van der Waals surface area contributed by atoms with Crippen LogP contribution in [0.1, 0.15) is 76.7 Å². The van der Waals surface area contributed by atoms with Gasteiger partial charge in [-0.3, -0.25) is 4.79 Å². The van der Waals surface area contributed by atoms with Crippen molar-refractivity contribution in [2.24, 2.45) is 0 Å². The van der Waals surface area contributed by atoms with Gasteiger partial charge in [0.2, 0.25) is 15.7 Å². The summed E-state index contributed by atoms with van der Waals surface area (Å²) >= 11 is 8.08. The SMILES string of the molecule is Cc1c(C#N)sc2c1S(=O)(=O)c1c-2sc(-c2sc3c(sc4c(C)c(COCc5cn(CCOCCOCCOCCOCCOCCOCCOCCOCCOCCOCCOCCNC(=O)CCCCC[C@@H]6NC(=O)N[C@@H]6C)nn5)sc43)c2C)c1C. The van der Waals surface area contributed by atoms with Gasteiger partial charge in [-0.15, -0.1) is 61.8 Å². The van der Waals surface area contributed by atoms with Crippen LogP contribution in [0.2, 0.25) is 0 Å². The summed E-state index contributed by atoms with van der Waals surface area (Å²) in [5, 5.41) is 26.8. The van der Waals surface area contributed by atoms with E-state index in [2.05, 4.69) is 46.2 Å². The van der Waals surface area contributed by atoms with Crippen LogP contribution in [-0.2, 0) is 91.2 Å². The van der Waals surface area contributed by atoms with Crippen LogP contribution in [0.15, 0.2) is 16.0 Å². The lowest BCUT2D eigenvalue weighted by Gasteiger charge is -2.13. The third-order valence-corrected chi connectivity index (χ3v) is 24.0. The zero-order chi connectivity index (χ0) is 62.1. The van der Waals surface area contributed by atoms with Gasteiger partial charge in [-0.1, -0.05) is 18.1 Å². The van der Waals surface area contributed by atoms with E-state index in [4.69, 9.17) is 56.8 Å². The van der Waals surface area contributed by atoms with E-state index in [1.165, 1.54) is 57.5 Å². The fourth-order valence-corrected chi connectivity index (χ4v) is 19.8. The van der Waals surface area contributed by atoms with Crippen molar-refractivity contribution in [2.75, 3.05) is 152 Å². The number of nitriles is 1. The molecule has 8 heterocycles. The highest BCUT2D eigenvalue weighted by molar-refractivity contribution is 7.92. The van der Waals surface area contributed by atoms with E-state index in [9.17, 15) is 23.3 Å². The van der Waals surface area contributed by atoms with Gasteiger partial charge < -0.3 is 72.8 Å². The molecule has 0 radical (unpaired) electrons. The van der Waals surface area contributed by atoms with Crippen LogP contribution in [0.4, 0.5) is 4.79 Å². The average Bonchev–Trinajstić information content (AvgIpc) is 1.56. The summed E-state index contributed by atoms with van der Waals surface area (Å²) in [6.45, 7) is 21.9. The minimum atomic E-state index is -3.69. The molecule has 0 aromatic carbocycles. The summed E-state index contributed by atoms with van der Waals surface area (Å²) in [4.78, 5) is 29.2. The summed E-state index contributed by atoms with van der Waals surface area (Å²) in [6.07, 6.45) is 6.04. The number of nitrogens with zero attached hydrogens (tertiary/aromatic N) is 4. The summed E-state index contributed by atoms with van der Waals surface area (Å²) in [7, 11) is -3.69. The number of hydrogen-bond acceptors (Lipinski definition) is 24. The third kappa shape index (κ3) is 19.9. The lowest BCUT2D eigenvalue weighted by Crippen LogP contribution is -2.30. The largest absolute Gasteiger partial charge is 0.377 e. The molecule has 23 nitrogen and oxygen atoms in total. The first-order chi connectivity index (χ1) is 42.9. The van der Waals surface area contributed by atoms with Crippen molar-refractivity contribution < 1.29 is 74.8 Å². The maximum absolute atomic E-state index is 13.8. The number of rotatable bonds is 47. The maximum Gasteiger partial charge on any atom is 0.315 e. The van der Waals surface area contributed by atoms with E-state index in [0.717, 1.165) is 51.6 Å². The average molecular weight is 1340 g/mol. The number of carbonyl (C=O) groups excluding carboxylic acids is 2. The Balaban J connectivity index is 0.529. The van der Waals surface area contributed by atoms with Crippen LogP contribution in [0.3, 0.4) is 0 Å². The molecule has 0 bridgehead atoms. The smallest absolute Gasteiger partial charge is 0.315 e. The van der Waals surface area contributed by atoms with Gasteiger partial charge in [0.25, 0.3) is 0 Å². The molecule has 3 N–H and O–H groups in total. The maximum atomic E-state index is 13.8. The van der Waals surface area contributed by atoms with Gasteiger partial charge >= 0.3 is 6.03 Å². The highest BCUT2D eigenvalue weighted by Crippen LogP contribution is 2.59. The molecule has 0 unspecified atom stereocenters. The number of aryl methyl sites for hydroxylation is 2. The van der Waals surface area contributed by atoms with Crippen molar-refractivity contribution in [3.8, 4) is 25.6 Å². The molecule has 0 saturated carbocycles. The van der Waals surface area contributed by atoms with E-state index in [1.54, 1.807) is 45.6 Å². The molecule has 2 atom stereocenters. The van der Waals surface area contributed by atoms with Crippen molar-refractivity contribution >= 4 is 97.3 Å². The van der Waals surface area contributed by atoms with Gasteiger partial charge in [0.15, 0.2) is 0 Å². The Morgan fingerprint density at radius 2 is 1.07 bits per heavy atom. The Bertz CT molecular complexity index is 3290. The molecule has 88 heavy (non-hydrogen) atoms. The van der Waals surface area contributed by atoms with Crippen LogP contribution in [-0.4, -0.2) is 199 Å². The molecule has 6 aromatic rings. The molecule has 6 aromatic heterocycles. The second-order valence-corrected chi connectivity index (χ2v) is 27.8. The molecule has 0 aliphatic carbocycles. The first kappa shape index (κ1) is 69.7. The number of thiophene rings is 5. The number of urea groups is 1. The highest BCUT2D eigenvalue weighted by Gasteiger charge is 2.42. The molecular weight excluding hydrogens is 1260 g/mol. The van der Waals surface area contributed by atoms with Crippen molar-refractivity contribution in [1.82, 2.24) is 30.9 Å². The van der Waals surface area contributed by atoms with E-state index >= 15 is 0 Å². The summed E-state index contributed by atoms with van der Waals surface area (Å²) in [5.41, 5.74) is 4.47. The number of carbonyl (C=O) groups is 2. The van der Waals surface area contributed by atoms with Crippen LogP contribution in [0, 0.1) is 39.0 Å². The number of unbranched alkanes of at least 4 members (excludes halogenated alkanes) is 2. The van der Waals surface area contributed by atoms with E-state index in [-0.39, 0.29) is 24.0 Å². The van der Waals surface area contributed by atoms with Gasteiger partial charge in [-0.2, -0.15) is 5.26 Å². The molecule has 486 valence electrons. The van der Waals surface area contributed by atoms with Gasteiger partial charge in [-0.05, 0) is 69.7 Å². The van der Waals surface area contributed by atoms with Crippen molar-refractivity contribution in [1.29, 1.82) is 5.26 Å². The number of sulfone groups is 1. The molecule has 2 aliphatic heterocycles. The zero-order valence-electron chi connectivity index (χ0n) is 50.9. The summed E-state index contributed by atoms with van der Waals surface area (Å²) in [6, 6.07) is 2.39. The van der Waals surface area contributed by atoms with Gasteiger partial charge in [-0.25, -0.2) is 17.9 Å². The molecular formula is C59H83N7O16S6. The van der Waals surface area contributed by atoms with Gasteiger partial charge in [0, 0.05) is 33.6 Å². The monoisotopic (exact) mass is 1340 g/mol. The molecule has 2 aliphatic rings. The van der Waals surface area contributed by atoms with Crippen LogP contribution < -0.4 is 16.0 Å². The van der Waals surface area contributed by atoms with Crippen molar-refractivity contribution in [2.45, 2.75) is 108 Å². The van der Waals surface area contributed by atoms with E-state index in [1.807, 2.05) is 20.0 Å². The topological polar surface area (TPSA) is 270 Å². The Labute approximate surface area is 534 Å². The van der Waals surface area contributed by atoms with Crippen LogP contribution >= 0.6 is 56.7 Å². The number of amides is 3. The number of nitrogens with one attached hydrogen (secondary N) is 3. The first-order valence-corrected chi connectivity index (χ1v) is 35.5. The zero-order valence-corrected chi connectivity index (χ0v) is 55.8. The standard InChI is InChI=1S/C59H83N7O16S6/c1-39-47(84-53-49(39)85-51-41(3)50(86-54(51)53)52-42(4)58-56(87-52)55-57(88(58,69)70)40(2)46(35-60)83-55)38-82-37-44-36-66(65-64-44)12-14-72-16-18-74-20-22-76-24-26-78-28-30-80-32-34-81-33-31-79-29-27-77-25-23-75-21-19-73-17-15-71-13-11-61-48(67)10-8-6-7-9-45-43(5)62-59(68)63-45/h36,43,45H,6-34,37-38H2,1-5H3,(H,61,67)(H2,62,63,68)/t43-,45+/m1/s1. The number of aromatic nitrogens is 3. The second kappa shape index (κ2) is 36.8. The normalized spacial score (nSPS) is 15.2. The Morgan fingerprint density at radius 1 is 0.568 bits per heavy atom. The summed E-state index contributed by atoms with van der Waals surface area (Å²) < 4.78 is 102. The fraction of sp³-hybridized carbons (Fsp3) is 0.644. The lowest BCUT2D eigenvalue weighted by molar-refractivity contribution is -0.121. The lowest BCUT2D eigenvalue weighted by atomic mass is 10.0. The fourth-order valence-electron chi connectivity index (χ4n) is 9.77. The molecule has 0 spiro atoms. The molecule has 1 fully saturated rings. The van der Waals surface area contributed by atoms with Crippen molar-refractivity contribution in [3.63, 3.8) is 0 Å². The third-order valence-electron chi connectivity index (χ3n) is 14.4. The van der Waals surface area contributed by atoms with Gasteiger partial charge in [0.1, 0.15) is 16.6 Å². The second-order valence-electron chi connectivity index (χ2n) is 20.8. The molecule has 8 rings (SSSR count). The minimum Gasteiger partial charge on any atom is -0.377 e. The van der Waals surface area contributed by atoms with Crippen LogP contribution in [0.5, 0.6) is 0 Å². The Morgan fingerprint density at radius 3 is 1.61 bits per heavy atom. The predicted octanol–water partition coefficient (Wildman–Crippen LogP) is 8.51. The minimum absolute atomic E-state index is 0.0281. The molecule has 3 amide bonds. The van der Waals surface area contributed by atoms with Gasteiger partial charge in [0.05, 0.1) is 216 Å². The van der Waals surface area contributed by atoms with E-state index in [0.29, 0.717) is 203 Å². The number of hydrogen-bond donors (Lipinski definition) is 3. The predicted molar refractivity (Wildman–Crippen MR) is 339 cm³/mol. The van der Waals surface area contributed by atoms with Crippen LogP contribution in [0.25, 0.3) is 38.3 Å². The molecule has 29 heteroatoms. The van der Waals surface area contributed by atoms with E-state index < -0.39 is 9.84 Å². The summed E-state index contributed by atoms with van der Waals surface area (Å²) in [5.74, 6) is 0.0281.